The quantitative estimate of drug-likeness (QED) is 0.0163. The van der Waals surface area contributed by atoms with Crippen molar-refractivity contribution in [2.75, 3.05) is 6.61 Å². The Hall–Kier alpha value is -2.69. The summed E-state index contributed by atoms with van der Waals surface area (Å²) in [4.78, 5) is 52.2. The first-order valence-electron chi connectivity index (χ1n) is 24.1. The molecule has 2 aromatic carbocycles. The van der Waals surface area contributed by atoms with Crippen molar-refractivity contribution in [2.45, 2.75) is 211 Å². The van der Waals surface area contributed by atoms with Crippen molar-refractivity contribution in [2.24, 2.45) is 0 Å². The summed E-state index contributed by atoms with van der Waals surface area (Å²) in [6, 6.07) is 18.8. The van der Waals surface area contributed by atoms with Crippen LogP contribution in [0.3, 0.4) is 0 Å². The molecular weight excluding hydrogens is 862 g/mol. The van der Waals surface area contributed by atoms with Gasteiger partial charge in [-0.3, -0.25) is 18.9 Å². The third-order valence-corrected chi connectivity index (χ3v) is 11.9. The van der Waals surface area contributed by atoms with Crippen molar-refractivity contribution < 1.29 is 56.0 Å². The number of aliphatic hydroxyl groups is 2. The number of aliphatic hydroxyl groups excluding tert-OH is 2. The summed E-state index contributed by atoms with van der Waals surface area (Å²) in [6.07, 6.45) is 15.7. The van der Waals surface area contributed by atoms with E-state index in [0.717, 1.165) is 96.3 Å². The topological polar surface area (TPSA) is 203 Å². The van der Waals surface area contributed by atoms with Crippen molar-refractivity contribution in [1.29, 1.82) is 0 Å². The third-order valence-electron chi connectivity index (χ3n) is 11.4. The number of rotatable bonds is 40. The molecule has 0 saturated carbocycles. The average Bonchev–Trinajstić information content (AvgIpc) is 3.28. The average molecular weight is 941 g/mol. The number of aldehydes is 1. The molecule has 0 aliphatic rings. The van der Waals surface area contributed by atoms with Gasteiger partial charge in [0.15, 0.2) is 6.10 Å². The van der Waals surface area contributed by atoms with Crippen LogP contribution in [-0.4, -0.2) is 114 Å². The molecule has 0 spiro atoms. The molecule has 0 bridgehead atoms. The molecule has 2 aromatic rings. The molecule has 0 aromatic heterocycles. The fourth-order valence-electron chi connectivity index (χ4n) is 7.81. The van der Waals surface area contributed by atoms with Crippen molar-refractivity contribution in [3.05, 3.63) is 71.8 Å². The van der Waals surface area contributed by atoms with Gasteiger partial charge in [0.05, 0.1) is 13.0 Å². The second-order valence-electron chi connectivity index (χ2n) is 17.1. The third kappa shape index (κ3) is 31.1. The number of amides is 1. The van der Waals surface area contributed by atoms with Crippen LogP contribution in [0, 0.1) is 0 Å². The second kappa shape index (κ2) is 38.3. The Balaban J connectivity index is 0.0000211. The Morgan fingerprint density at radius 2 is 1.06 bits per heavy atom. The van der Waals surface area contributed by atoms with Gasteiger partial charge < -0.3 is 29.8 Å². The molecule has 0 aliphatic heterocycles. The summed E-state index contributed by atoms with van der Waals surface area (Å²) in [7, 11) is -5.31. The maximum Gasteiger partial charge on any atom is 0.397 e. The first-order chi connectivity index (χ1) is 30.9. The minimum absolute atomic E-state index is 0. The Morgan fingerprint density at radius 3 is 1.51 bits per heavy atom. The normalized spacial score (nSPS) is 13.7. The molecule has 15 heteroatoms. The van der Waals surface area contributed by atoms with Gasteiger partial charge in [0.25, 0.3) is 0 Å². The maximum absolute atomic E-state index is 13.6. The van der Waals surface area contributed by atoms with Crippen molar-refractivity contribution in [3.63, 3.8) is 0 Å². The first-order valence-corrected chi connectivity index (χ1v) is 25.5. The van der Waals surface area contributed by atoms with Crippen LogP contribution >= 0.6 is 0 Å². The summed E-state index contributed by atoms with van der Waals surface area (Å²) in [5.74, 6) is -2.07. The van der Waals surface area contributed by atoms with Crippen LogP contribution in [0.25, 0.3) is 0 Å². The van der Waals surface area contributed by atoms with Crippen LogP contribution in [-0.2, 0) is 56.1 Å². The molecule has 0 saturated heterocycles. The van der Waals surface area contributed by atoms with Gasteiger partial charge in [-0.1, -0.05) is 170 Å². The minimum atomic E-state index is -5.31. The van der Waals surface area contributed by atoms with Crippen molar-refractivity contribution in [3.8, 4) is 0 Å². The molecule has 0 heterocycles. The molecule has 2 rings (SSSR count). The van der Waals surface area contributed by atoms with Gasteiger partial charge >= 0.3 is 22.3 Å². The van der Waals surface area contributed by atoms with E-state index < -0.39 is 65.3 Å². The van der Waals surface area contributed by atoms with Crippen LogP contribution in [0.5, 0.6) is 0 Å². The summed E-state index contributed by atoms with van der Waals surface area (Å²) >= 11 is 0. The zero-order valence-corrected chi connectivity index (χ0v) is 42.3. The molecular formula is C50H79NNaO12S. The van der Waals surface area contributed by atoms with Gasteiger partial charge in [0, 0.05) is 42.4 Å². The van der Waals surface area contributed by atoms with E-state index in [0.29, 0.717) is 32.1 Å². The zero-order valence-electron chi connectivity index (χ0n) is 39.5. The van der Waals surface area contributed by atoms with Gasteiger partial charge in [0.1, 0.15) is 30.6 Å². The number of esters is 2. The van der Waals surface area contributed by atoms with Crippen LogP contribution in [0.2, 0.25) is 0 Å². The zero-order chi connectivity index (χ0) is 46.7. The molecule has 5 atom stereocenters. The SMILES string of the molecule is CCCCCCCCCCC[C@@H](CC(=O)N[C@@H](C=O)[C@@H](OC(=O)CCCCCCCCc1ccccc1)[C@H](OS(=O)(=O)O)[C@H](O)CO)OC(=O)CCCCCCCCc1ccccc1.[Na]. The number of hydrogen-bond acceptors (Lipinski definition) is 11. The number of carbonyl (C=O) groups is 4. The first kappa shape index (κ1) is 60.3. The van der Waals surface area contributed by atoms with E-state index in [-0.39, 0.29) is 55.1 Å². The predicted octanol–water partition coefficient (Wildman–Crippen LogP) is 8.91. The van der Waals surface area contributed by atoms with E-state index in [1.54, 1.807) is 0 Å². The monoisotopic (exact) mass is 941 g/mol. The molecule has 0 fully saturated rings. The summed E-state index contributed by atoms with van der Waals surface area (Å²) in [5, 5.41) is 22.7. The van der Waals surface area contributed by atoms with E-state index in [1.807, 2.05) is 36.4 Å². The molecule has 13 nitrogen and oxygen atoms in total. The molecule has 363 valence electrons. The van der Waals surface area contributed by atoms with Crippen LogP contribution < -0.4 is 5.32 Å². The number of hydrogen-bond donors (Lipinski definition) is 4. The van der Waals surface area contributed by atoms with Gasteiger partial charge in [-0.2, -0.15) is 8.42 Å². The van der Waals surface area contributed by atoms with Crippen LogP contribution in [0.1, 0.15) is 179 Å². The van der Waals surface area contributed by atoms with Crippen molar-refractivity contribution >= 4 is 64.1 Å². The van der Waals surface area contributed by atoms with E-state index in [2.05, 4.69) is 40.7 Å². The van der Waals surface area contributed by atoms with Gasteiger partial charge in [-0.25, -0.2) is 4.18 Å². The van der Waals surface area contributed by atoms with Gasteiger partial charge in [-0.05, 0) is 62.5 Å². The number of carbonyl (C=O) groups excluding carboxylic acids is 4. The minimum Gasteiger partial charge on any atom is -0.462 e. The summed E-state index contributed by atoms with van der Waals surface area (Å²) in [6.45, 7) is 1.09. The van der Waals surface area contributed by atoms with Crippen LogP contribution in [0.15, 0.2) is 60.7 Å². The second-order valence-corrected chi connectivity index (χ2v) is 18.1. The molecule has 0 aliphatic carbocycles. The Morgan fingerprint density at radius 1 is 0.631 bits per heavy atom. The molecule has 1 radical (unpaired) electrons. The van der Waals surface area contributed by atoms with E-state index in [1.165, 1.54) is 36.8 Å². The predicted molar refractivity (Wildman–Crippen MR) is 254 cm³/mol. The summed E-state index contributed by atoms with van der Waals surface area (Å²) in [5.41, 5.74) is 2.61. The molecule has 4 N–H and O–H groups in total. The van der Waals surface area contributed by atoms with E-state index in [4.69, 9.17) is 9.47 Å². The van der Waals surface area contributed by atoms with E-state index in [9.17, 15) is 42.4 Å². The number of aryl methyl sites for hydroxylation is 2. The summed E-state index contributed by atoms with van der Waals surface area (Å²) < 4.78 is 49.1. The Labute approximate surface area is 412 Å². The number of ether oxygens (including phenoxy) is 2. The number of benzene rings is 2. The Bertz CT molecular complexity index is 1640. The van der Waals surface area contributed by atoms with Gasteiger partial charge in [0.2, 0.25) is 5.91 Å². The molecule has 1 amide bonds. The van der Waals surface area contributed by atoms with Crippen molar-refractivity contribution in [1.82, 2.24) is 5.32 Å². The fourth-order valence-corrected chi connectivity index (χ4v) is 8.33. The number of unbranched alkanes of at least 4 members (excludes halogenated alkanes) is 18. The largest absolute Gasteiger partial charge is 0.462 e. The Kier molecular flexibility index (Phi) is 35.5. The number of nitrogens with one attached hydrogen (secondary N) is 1. The fraction of sp³-hybridized carbons (Fsp3) is 0.680. The van der Waals surface area contributed by atoms with E-state index >= 15 is 0 Å². The molecule has 65 heavy (non-hydrogen) atoms. The van der Waals surface area contributed by atoms with Crippen LogP contribution in [0.4, 0.5) is 0 Å². The standard InChI is InChI=1S/C50H79NO12S.Na/c1-2-3-4-5-6-7-8-15-26-35-43(61-47(56)36-27-16-11-9-13-20-29-41-31-22-18-23-32-41)38-46(55)51-44(39-52)49(50(45(54)40-53)63-64(58,59)60)62-48(57)37-28-17-12-10-14-21-30-42-33-24-19-25-34-42;/h18-19,22-25,31-34,39,43-45,49-50,53-54H,2-17,20-21,26-30,35-38,40H2,1H3,(H,51,55)(H,58,59,60);/t43-,44-,45+,49+,50+;/m0./s1. The maximum atomic E-state index is 13.6. The molecule has 0 unspecified atom stereocenters. The van der Waals surface area contributed by atoms with Gasteiger partial charge in [-0.15, -0.1) is 0 Å². The smallest absolute Gasteiger partial charge is 0.397 e.